The highest BCUT2D eigenvalue weighted by molar-refractivity contribution is 5.74. The second-order valence-electron chi connectivity index (χ2n) is 4.08. The SMILES string of the molecule is COC(=O)[C@H](O)CCCC1=CCC(OC)C=C1. The van der Waals surface area contributed by atoms with Crippen molar-refractivity contribution in [3.8, 4) is 0 Å². The molecule has 17 heavy (non-hydrogen) atoms. The normalized spacial score (nSPS) is 20.9. The van der Waals surface area contributed by atoms with Crippen LogP contribution in [0.15, 0.2) is 23.8 Å². The molecule has 0 radical (unpaired) electrons. The summed E-state index contributed by atoms with van der Waals surface area (Å²) in [5.41, 5.74) is 1.23. The number of aliphatic hydroxyl groups excluding tert-OH is 1. The van der Waals surface area contributed by atoms with E-state index in [2.05, 4.69) is 10.8 Å². The number of methoxy groups -OCH3 is 2. The summed E-state index contributed by atoms with van der Waals surface area (Å²) in [6.07, 6.45) is 8.35. The second-order valence-corrected chi connectivity index (χ2v) is 4.08. The predicted octanol–water partition coefficient (Wildman–Crippen LogP) is 1.59. The lowest BCUT2D eigenvalue weighted by molar-refractivity contribution is -0.150. The van der Waals surface area contributed by atoms with E-state index < -0.39 is 12.1 Å². The minimum Gasteiger partial charge on any atom is -0.467 e. The first kappa shape index (κ1) is 13.9. The molecule has 1 aliphatic rings. The lowest BCUT2D eigenvalue weighted by Gasteiger charge is -2.15. The van der Waals surface area contributed by atoms with Gasteiger partial charge < -0.3 is 14.6 Å². The Balaban J connectivity index is 2.22. The number of hydrogen-bond donors (Lipinski definition) is 1. The van der Waals surface area contributed by atoms with Gasteiger partial charge in [-0.15, -0.1) is 0 Å². The van der Waals surface area contributed by atoms with Crippen LogP contribution in [0.1, 0.15) is 25.7 Å². The Morgan fingerprint density at radius 3 is 2.88 bits per heavy atom. The van der Waals surface area contributed by atoms with E-state index in [4.69, 9.17) is 4.74 Å². The molecule has 0 amide bonds. The number of carbonyl (C=O) groups is 1. The molecule has 1 aliphatic carbocycles. The Hall–Kier alpha value is -1.13. The van der Waals surface area contributed by atoms with Crippen molar-refractivity contribution in [2.45, 2.75) is 37.9 Å². The van der Waals surface area contributed by atoms with E-state index >= 15 is 0 Å². The second kappa shape index (κ2) is 7.25. The summed E-state index contributed by atoms with van der Waals surface area (Å²) in [7, 11) is 2.98. The molecule has 0 spiro atoms. The fraction of sp³-hybridized carbons (Fsp3) is 0.615. The largest absolute Gasteiger partial charge is 0.467 e. The van der Waals surface area contributed by atoms with Crippen LogP contribution >= 0.6 is 0 Å². The number of ether oxygens (including phenoxy) is 2. The smallest absolute Gasteiger partial charge is 0.334 e. The molecule has 0 heterocycles. The van der Waals surface area contributed by atoms with Crippen LogP contribution in [0.5, 0.6) is 0 Å². The minimum atomic E-state index is -1.00. The van der Waals surface area contributed by atoms with Crippen LogP contribution in [0.3, 0.4) is 0 Å². The summed E-state index contributed by atoms with van der Waals surface area (Å²) in [6.45, 7) is 0. The Morgan fingerprint density at radius 1 is 1.59 bits per heavy atom. The zero-order valence-corrected chi connectivity index (χ0v) is 10.4. The third-order valence-electron chi connectivity index (χ3n) is 2.86. The van der Waals surface area contributed by atoms with Gasteiger partial charge >= 0.3 is 5.97 Å². The number of esters is 1. The Labute approximate surface area is 102 Å². The van der Waals surface area contributed by atoms with Crippen LogP contribution < -0.4 is 0 Å². The van der Waals surface area contributed by atoms with E-state index in [0.717, 1.165) is 19.3 Å². The van der Waals surface area contributed by atoms with Crippen LogP contribution in [-0.4, -0.2) is 37.5 Å². The van der Waals surface area contributed by atoms with Crippen LogP contribution in [-0.2, 0) is 14.3 Å². The van der Waals surface area contributed by atoms with Gasteiger partial charge in [0.2, 0.25) is 0 Å². The molecule has 0 aromatic rings. The van der Waals surface area contributed by atoms with Crippen LogP contribution in [0.25, 0.3) is 0 Å². The molecule has 1 unspecified atom stereocenters. The molecular weight excluding hydrogens is 220 g/mol. The summed E-state index contributed by atoms with van der Waals surface area (Å²) in [6, 6.07) is 0. The molecule has 0 saturated carbocycles. The van der Waals surface area contributed by atoms with Gasteiger partial charge in [-0.25, -0.2) is 4.79 Å². The average Bonchev–Trinajstić information content (AvgIpc) is 2.38. The van der Waals surface area contributed by atoms with Crippen molar-refractivity contribution >= 4 is 5.97 Å². The highest BCUT2D eigenvalue weighted by Gasteiger charge is 2.15. The van der Waals surface area contributed by atoms with Crippen molar-refractivity contribution in [1.29, 1.82) is 0 Å². The molecule has 2 atom stereocenters. The van der Waals surface area contributed by atoms with E-state index in [1.807, 2.05) is 12.2 Å². The molecule has 4 nitrogen and oxygen atoms in total. The number of aliphatic hydroxyl groups is 1. The summed E-state index contributed by atoms with van der Waals surface area (Å²) < 4.78 is 9.64. The van der Waals surface area contributed by atoms with Gasteiger partial charge in [0.1, 0.15) is 0 Å². The monoisotopic (exact) mass is 240 g/mol. The summed E-state index contributed by atoms with van der Waals surface area (Å²) in [5, 5.41) is 9.40. The van der Waals surface area contributed by atoms with Gasteiger partial charge in [0.25, 0.3) is 0 Å². The van der Waals surface area contributed by atoms with Gasteiger partial charge in [0, 0.05) is 7.11 Å². The fourth-order valence-electron chi connectivity index (χ4n) is 1.76. The van der Waals surface area contributed by atoms with Gasteiger partial charge in [-0.3, -0.25) is 0 Å². The molecule has 1 rings (SSSR count). The Kier molecular flexibility index (Phi) is 5.94. The molecule has 0 aliphatic heterocycles. The highest BCUT2D eigenvalue weighted by atomic mass is 16.5. The first-order valence-electron chi connectivity index (χ1n) is 5.83. The van der Waals surface area contributed by atoms with Gasteiger partial charge in [0.15, 0.2) is 6.10 Å². The van der Waals surface area contributed by atoms with Crippen LogP contribution in [0.2, 0.25) is 0 Å². The molecule has 4 heteroatoms. The standard InChI is InChI=1S/C13H20O4/c1-16-11-8-6-10(7-9-11)4-3-5-12(14)13(15)17-2/h6-8,11-12,14H,3-5,9H2,1-2H3/t11?,12-/m1/s1. The van der Waals surface area contributed by atoms with E-state index in [0.29, 0.717) is 6.42 Å². The highest BCUT2D eigenvalue weighted by Crippen LogP contribution is 2.18. The molecular formula is C13H20O4. The Bertz CT molecular complexity index is 307. The zero-order valence-electron chi connectivity index (χ0n) is 10.4. The minimum absolute atomic E-state index is 0.180. The van der Waals surface area contributed by atoms with Crippen molar-refractivity contribution < 1.29 is 19.4 Å². The van der Waals surface area contributed by atoms with Crippen molar-refractivity contribution in [3.05, 3.63) is 23.8 Å². The maximum absolute atomic E-state index is 11.0. The quantitative estimate of drug-likeness (QED) is 0.716. The number of hydrogen-bond acceptors (Lipinski definition) is 4. The third-order valence-corrected chi connectivity index (χ3v) is 2.86. The van der Waals surface area contributed by atoms with E-state index in [9.17, 15) is 9.90 Å². The van der Waals surface area contributed by atoms with Crippen molar-refractivity contribution in [1.82, 2.24) is 0 Å². The van der Waals surface area contributed by atoms with Gasteiger partial charge in [0.05, 0.1) is 13.2 Å². The van der Waals surface area contributed by atoms with Gasteiger partial charge in [-0.1, -0.05) is 23.8 Å². The molecule has 0 aromatic carbocycles. The van der Waals surface area contributed by atoms with Crippen molar-refractivity contribution in [2.75, 3.05) is 14.2 Å². The average molecular weight is 240 g/mol. The number of allylic oxidation sites excluding steroid dienone is 2. The molecule has 0 fully saturated rings. The summed E-state index contributed by atoms with van der Waals surface area (Å²) in [4.78, 5) is 11.0. The van der Waals surface area contributed by atoms with E-state index in [1.165, 1.54) is 12.7 Å². The van der Waals surface area contributed by atoms with Crippen LogP contribution in [0, 0.1) is 0 Å². The summed E-state index contributed by atoms with van der Waals surface area (Å²) >= 11 is 0. The predicted molar refractivity (Wildman–Crippen MR) is 64.5 cm³/mol. The number of rotatable bonds is 6. The molecule has 0 saturated heterocycles. The lowest BCUT2D eigenvalue weighted by atomic mass is 9.99. The molecule has 0 bridgehead atoms. The first-order chi connectivity index (χ1) is 8.17. The van der Waals surface area contributed by atoms with Gasteiger partial charge in [-0.2, -0.15) is 0 Å². The van der Waals surface area contributed by atoms with Gasteiger partial charge in [-0.05, 0) is 25.7 Å². The van der Waals surface area contributed by atoms with Crippen molar-refractivity contribution in [2.24, 2.45) is 0 Å². The molecule has 1 N–H and O–H groups in total. The summed E-state index contributed by atoms with van der Waals surface area (Å²) in [5.74, 6) is -0.558. The van der Waals surface area contributed by atoms with E-state index in [1.54, 1.807) is 7.11 Å². The molecule has 96 valence electrons. The zero-order chi connectivity index (χ0) is 12.7. The maximum atomic E-state index is 11.0. The van der Waals surface area contributed by atoms with Crippen LogP contribution in [0.4, 0.5) is 0 Å². The molecule has 0 aromatic heterocycles. The van der Waals surface area contributed by atoms with Crippen molar-refractivity contribution in [3.63, 3.8) is 0 Å². The maximum Gasteiger partial charge on any atom is 0.334 e. The number of carbonyl (C=O) groups excluding carboxylic acids is 1. The topological polar surface area (TPSA) is 55.8 Å². The lowest BCUT2D eigenvalue weighted by Crippen LogP contribution is -2.21. The van der Waals surface area contributed by atoms with E-state index in [-0.39, 0.29) is 6.10 Å². The Morgan fingerprint density at radius 2 is 2.35 bits per heavy atom. The first-order valence-corrected chi connectivity index (χ1v) is 5.83. The fourth-order valence-corrected chi connectivity index (χ4v) is 1.76. The third kappa shape index (κ3) is 4.71.